The molecule has 0 spiro atoms. The normalized spacial score (nSPS) is 13.5. The SMILES string of the molecule is CC(=O)N[C@@H](CC(=O)O)C(=O)N[C@@H](CCC(=O)O)C(=O)N[C@H](C(=O)N[C@@H](CC(=O)O)C(=O)NCC(=O)N[C@@H](Cc1ccc(O)c(I)c1)C(N)=O)C(C)C.CC(=O)N[C@@H](CC(=O)O)C(=O)N[C@@H](CCC(=O)O)C(=O)N[C@H](C(=O)N[C@@H](CC(=O)O)C(=O)NCC(=O)N[C@@H](Cc1ccc(O)cc1)C(N)=O)C(C)C. The maximum Gasteiger partial charge on any atom is 0.305 e. The molecule has 42 nitrogen and oxygen atoms in total. The number of nitrogens with two attached hydrogens (primary N) is 2. The zero-order valence-electron chi connectivity index (χ0n) is 57.2. The lowest BCUT2D eigenvalue weighted by atomic mass is 10.0. The summed E-state index contributed by atoms with van der Waals surface area (Å²) in [6.07, 6.45) is -6.23. The number of hydrogen-bond acceptors (Lipinski definition) is 22. The van der Waals surface area contributed by atoms with E-state index in [1.165, 1.54) is 64.1 Å². The highest BCUT2D eigenvalue weighted by molar-refractivity contribution is 14.1. The predicted octanol–water partition coefficient (Wildman–Crippen LogP) is -6.49. The molecule has 0 radical (unpaired) electrons. The molecule has 578 valence electrons. The number of amides is 14. The van der Waals surface area contributed by atoms with Crippen molar-refractivity contribution in [2.24, 2.45) is 23.3 Å². The number of rotatable bonds is 44. The van der Waals surface area contributed by atoms with Crippen LogP contribution in [0.15, 0.2) is 42.5 Å². The van der Waals surface area contributed by atoms with Crippen molar-refractivity contribution in [1.29, 1.82) is 0 Å². The highest BCUT2D eigenvalue weighted by Gasteiger charge is 2.37. The van der Waals surface area contributed by atoms with Gasteiger partial charge >= 0.3 is 35.8 Å². The summed E-state index contributed by atoms with van der Waals surface area (Å²) >= 11 is 1.86. The fraction of sp³-hybridized carbons (Fsp3) is 0.484. The van der Waals surface area contributed by atoms with Gasteiger partial charge in [-0.3, -0.25) is 95.9 Å². The summed E-state index contributed by atoms with van der Waals surface area (Å²) in [5.41, 5.74) is 11.8. The molecule has 14 amide bonds. The molecule has 0 aliphatic rings. The predicted molar refractivity (Wildman–Crippen MR) is 364 cm³/mol. The van der Waals surface area contributed by atoms with Crippen molar-refractivity contribution in [3.8, 4) is 11.5 Å². The van der Waals surface area contributed by atoms with Gasteiger partial charge in [0.15, 0.2) is 0 Å². The molecule has 0 aliphatic heterocycles. The van der Waals surface area contributed by atoms with E-state index < -0.39 is 255 Å². The number of nitrogens with one attached hydrogen (secondary N) is 12. The summed E-state index contributed by atoms with van der Waals surface area (Å²) in [7, 11) is 0. The van der Waals surface area contributed by atoms with E-state index in [4.69, 9.17) is 31.9 Å². The molecule has 0 unspecified atom stereocenters. The van der Waals surface area contributed by atoms with Gasteiger partial charge in [0.1, 0.15) is 71.9 Å². The Bertz CT molecular complexity index is 3520. The van der Waals surface area contributed by atoms with Gasteiger partial charge in [0.2, 0.25) is 82.7 Å². The number of halogens is 1. The summed E-state index contributed by atoms with van der Waals surface area (Å²) in [6.45, 7) is 6.29. The number of aromatic hydroxyl groups is 2. The average molecular weight is 1600 g/mol. The van der Waals surface area contributed by atoms with E-state index in [9.17, 15) is 116 Å². The van der Waals surface area contributed by atoms with Crippen molar-refractivity contribution in [2.75, 3.05) is 13.1 Å². The summed E-state index contributed by atoms with van der Waals surface area (Å²) in [5.74, 6) is -24.4. The minimum atomic E-state index is -1.80. The molecule has 0 aliphatic carbocycles. The third-order valence-corrected chi connectivity index (χ3v) is 15.1. The molecule has 10 atom stereocenters. The highest BCUT2D eigenvalue weighted by Crippen LogP contribution is 2.21. The first-order valence-corrected chi connectivity index (χ1v) is 32.5. The number of primary amides is 2. The Morgan fingerprint density at radius 1 is 0.371 bits per heavy atom. The fourth-order valence-corrected chi connectivity index (χ4v) is 9.62. The smallest absolute Gasteiger partial charge is 0.305 e. The van der Waals surface area contributed by atoms with Crippen LogP contribution in [0.5, 0.6) is 11.5 Å². The highest BCUT2D eigenvalue weighted by atomic mass is 127. The number of carboxylic acid groups (broad SMARTS) is 6. The molecular weight excluding hydrogens is 1520 g/mol. The summed E-state index contributed by atoms with van der Waals surface area (Å²) in [4.78, 5) is 245. The Kier molecular flexibility index (Phi) is 39.3. The topological polar surface area (TPSA) is 700 Å². The van der Waals surface area contributed by atoms with Gasteiger partial charge < -0.3 is 116 Å². The van der Waals surface area contributed by atoms with Gasteiger partial charge in [0, 0.05) is 39.5 Å². The number of carbonyl (C=O) groups is 20. The quantitative estimate of drug-likeness (QED) is 0.0274. The summed E-state index contributed by atoms with van der Waals surface area (Å²) in [5, 5.41) is 101. The molecule has 2 rings (SSSR count). The largest absolute Gasteiger partial charge is 0.508 e. The maximum atomic E-state index is 13.3. The first-order chi connectivity index (χ1) is 48.8. The van der Waals surface area contributed by atoms with Crippen LogP contribution in [-0.2, 0) is 109 Å². The second kappa shape index (κ2) is 45.2. The second-order valence-electron chi connectivity index (χ2n) is 23.8. The number of benzene rings is 2. The van der Waals surface area contributed by atoms with Gasteiger partial charge in [-0.1, -0.05) is 45.9 Å². The number of carbonyl (C=O) groups excluding carboxylic acids is 14. The number of carboxylic acids is 6. The van der Waals surface area contributed by atoms with Gasteiger partial charge in [-0.2, -0.15) is 0 Å². The molecule has 2 aromatic carbocycles. The van der Waals surface area contributed by atoms with E-state index in [2.05, 4.69) is 63.8 Å². The molecule has 0 heterocycles. The lowest BCUT2D eigenvalue weighted by molar-refractivity contribution is -0.142. The minimum absolute atomic E-state index is 0.00172. The summed E-state index contributed by atoms with van der Waals surface area (Å²) < 4.78 is 0.474. The van der Waals surface area contributed by atoms with Crippen LogP contribution in [0.25, 0.3) is 0 Å². The van der Waals surface area contributed by atoms with E-state index in [1.807, 2.05) is 22.6 Å². The van der Waals surface area contributed by atoms with Crippen LogP contribution in [0.3, 0.4) is 0 Å². The second-order valence-corrected chi connectivity index (χ2v) is 25.0. The Balaban J connectivity index is 0.00000105. The molecule has 105 heavy (non-hydrogen) atoms. The third kappa shape index (κ3) is 36.6. The molecule has 0 saturated heterocycles. The number of phenolic OH excluding ortho intramolecular Hbond substituents is 2. The van der Waals surface area contributed by atoms with Crippen molar-refractivity contribution >= 4 is 141 Å². The van der Waals surface area contributed by atoms with Crippen LogP contribution >= 0.6 is 22.6 Å². The molecule has 0 fully saturated rings. The van der Waals surface area contributed by atoms with Crippen LogP contribution in [0.2, 0.25) is 0 Å². The van der Waals surface area contributed by atoms with Crippen LogP contribution in [-0.4, -0.2) is 233 Å². The van der Waals surface area contributed by atoms with Crippen molar-refractivity contribution in [3.63, 3.8) is 0 Å². The van der Waals surface area contributed by atoms with Gasteiger partial charge in [0.25, 0.3) is 0 Å². The molecule has 0 aromatic heterocycles. The van der Waals surface area contributed by atoms with Crippen molar-refractivity contribution < 1.29 is 137 Å². The van der Waals surface area contributed by atoms with E-state index in [-0.39, 0.29) is 24.3 Å². The summed E-state index contributed by atoms with van der Waals surface area (Å²) in [6, 6.07) is -5.53. The maximum absolute atomic E-state index is 13.3. The fourth-order valence-electron chi connectivity index (χ4n) is 9.04. The van der Waals surface area contributed by atoms with E-state index >= 15 is 0 Å². The minimum Gasteiger partial charge on any atom is -0.508 e. The first kappa shape index (κ1) is 91.2. The van der Waals surface area contributed by atoms with Crippen LogP contribution in [0.4, 0.5) is 0 Å². The monoisotopic (exact) mass is 1600 g/mol. The standard InChI is InChI=1S/C31H42IN7O14.C31H43N7O14/c1-13(2)26(39-29(51)17(5-7-23(43)44)37-30(52)20(11-25(47)48)35-14(3)40)31(53)38-19(10-24(45)46)28(50)34-12-22(42)36-18(27(33)49)9-15-4-6-21(41)16(32)8-15;1-14(2)26(38-29(50)18(8-9-23(42)43)36-30(51)21(12-25(46)47)34-15(3)39)31(52)37-20(11-24(44)45)28(49)33-13-22(41)35-19(27(32)48)10-16-4-6-17(40)7-5-16/h4,6,8,13,17-20,26,41H,5,7,9-12H2,1-3H3,(H2,33,49)(H,34,50)(H,35,40)(H,36,42)(H,37,52)(H,38,53)(H,39,51)(H,43,44)(H,45,46)(H,47,48);4-7,14,18-21,26,40H,8-13H2,1-3H3,(H2,32,48)(H,33,49)(H,34,39)(H,35,41)(H,36,51)(H,37,52)(H,38,50)(H,42,43)(H,44,45)(H,46,47)/t17-,18-,19-,20-,26-;18-,19-,20-,21-,26-/m00/s1. The lowest BCUT2D eigenvalue weighted by Gasteiger charge is -2.27. The van der Waals surface area contributed by atoms with Crippen LogP contribution < -0.4 is 75.3 Å². The van der Waals surface area contributed by atoms with Gasteiger partial charge in [-0.05, 0) is 82.7 Å². The van der Waals surface area contributed by atoms with Gasteiger partial charge in [-0.15, -0.1) is 0 Å². The first-order valence-electron chi connectivity index (χ1n) is 31.5. The van der Waals surface area contributed by atoms with Crippen LogP contribution in [0, 0.1) is 15.4 Å². The molecular formula is C62H85IN14O28. The van der Waals surface area contributed by atoms with Crippen molar-refractivity contribution in [1.82, 2.24) is 63.8 Å². The lowest BCUT2D eigenvalue weighted by Crippen LogP contribution is -2.60. The van der Waals surface area contributed by atoms with E-state index in [0.717, 1.165) is 13.8 Å². The Morgan fingerprint density at radius 2 is 0.676 bits per heavy atom. The molecule has 24 N–H and O–H groups in total. The van der Waals surface area contributed by atoms with Gasteiger partial charge in [-0.25, -0.2) is 0 Å². The zero-order valence-corrected chi connectivity index (χ0v) is 59.4. The Hall–Kier alpha value is -11.8. The molecule has 0 bridgehead atoms. The number of aliphatic carboxylic acids is 6. The molecule has 43 heteroatoms. The van der Waals surface area contributed by atoms with Crippen molar-refractivity contribution in [3.05, 3.63) is 57.2 Å². The number of phenols is 2. The number of hydrogen-bond donors (Lipinski definition) is 22. The van der Waals surface area contributed by atoms with E-state index in [1.54, 1.807) is 6.07 Å². The average Bonchev–Trinajstić information content (AvgIpc) is 0.864. The van der Waals surface area contributed by atoms with E-state index in [0.29, 0.717) is 14.7 Å². The van der Waals surface area contributed by atoms with Crippen LogP contribution in [0.1, 0.15) is 104 Å². The third-order valence-electron chi connectivity index (χ3n) is 14.3. The Morgan fingerprint density at radius 3 is 0.971 bits per heavy atom. The van der Waals surface area contributed by atoms with Crippen molar-refractivity contribution in [2.45, 2.75) is 166 Å². The Labute approximate surface area is 610 Å². The zero-order chi connectivity index (χ0) is 80.3. The van der Waals surface area contributed by atoms with Gasteiger partial charge in [0.05, 0.1) is 42.3 Å². The molecule has 0 saturated carbocycles. The molecule has 2 aromatic rings.